The fourth-order valence-corrected chi connectivity index (χ4v) is 3.25. The minimum absolute atomic E-state index is 0.0497. The SMILES string of the molecule is CN(C(=O)O)C1CCN(C(=O)CCN2CCCCC2)CC1. The Morgan fingerprint density at radius 1 is 1.10 bits per heavy atom. The maximum absolute atomic E-state index is 12.2. The van der Waals surface area contributed by atoms with E-state index in [0.717, 1.165) is 32.5 Å². The summed E-state index contributed by atoms with van der Waals surface area (Å²) in [7, 11) is 1.61. The van der Waals surface area contributed by atoms with Gasteiger partial charge < -0.3 is 19.8 Å². The second kappa shape index (κ2) is 7.64. The lowest BCUT2D eigenvalue weighted by molar-refractivity contribution is -0.133. The Hall–Kier alpha value is -1.30. The summed E-state index contributed by atoms with van der Waals surface area (Å²) in [5.41, 5.74) is 0. The normalized spacial score (nSPS) is 21.3. The molecule has 0 radical (unpaired) electrons. The average Bonchev–Trinajstić information content (AvgIpc) is 2.53. The van der Waals surface area contributed by atoms with E-state index in [0.29, 0.717) is 19.5 Å². The molecule has 2 saturated heterocycles. The molecule has 0 bridgehead atoms. The number of carbonyl (C=O) groups excluding carboxylic acids is 1. The molecule has 6 nitrogen and oxygen atoms in total. The minimum Gasteiger partial charge on any atom is -0.465 e. The second-order valence-corrected chi connectivity index (χ2v) is 6.16. The monoisotopic (exact) mass is 297 g/mol. The molecule has 0 aliphatic carbocycles. The highest BCUT2D eigenvalue weighted by Crippen LogP contribution is 2.17. The summed E-state index contributed by atoms with van der Waals surface area (Å²) in [5.74, 6) is 0.219. The van der Waals surface area contributed by atoms with Crippen LogP contribution in [0.25, 0.3) is 0 Å². The van der Waals surface area contributed by atoms with Crippen molar-refractivity contribution in [2.75, 3.05) is 39.8 Å². The van der Waals surface area contributed by atoms with Gasteiger partial charge in [-0.2, -0.15) is 0 Å². The van der Waals surface area contributed by atoms with Crippen LogP contribution in [0.4, 0.5) is 4.79 Å². The van der Waals surface area contributed by atoms with E-state index in [9.17, 15) is 9.59 Å². The Morgan fingerprint density at radius 3 is 2.29 bits per heavy atom. The summed E-state index contributed by atoms with van der Waals surface area (Å²) in [6.45, 7) is 4.48. The number of rotatable bonds is 4. The molecule has 1 N–H and O–H groups in total. The van der Waals surface area contributed by atoms with Crippen molar-refractivity contribution >= 4 is 12.0 Å². The number of carboxylic acid groups (broad SMARTS) is 1. The largest absolute Gasteiger partial charge is 0.465 e. The molecule has 6 heteroatoms. The number of hydrogen-bond acceptors (Lipinski definition) is 3. The summed E-state index contributed by atoms with van der Waals surface area (Å²) in [6.07, 6.45) is 5.03. The van der Waals surface area contributed by atoms with Gasteiger partial charge in [0.1, 0.15) is 0 Å². The molecule has 2 rings (SSSR count). The first-order valence-corrected chi connectivity index (χ1v) is 8.04. The van der Waals surface area contributed by atoms with E-state index >= 15 is 0 Å². The fourth-order valence-electron chi connectivity index (χ4n) is 3.25. The van der Waals surface area contributed by atoms with Crippen LogP contribution in [0.2, 0.25) is 0 Å². The number of nitrogens with zero attached hydrogens (tertiary/aromatic N) is 3. The van der Waals surface area contributed by atoms with Crippen LogP contribution in [-0.2, 0) is 4.79 Å². The lowest BCUT2D eigenvalue weighted by Crippen LogP contribution is -2.47. The highest BCUT2D eigenvalue weighted by molar-refractivity contribution is 5.76. The van der Waals surface area contributed by atoms with Gasteiger partial charge in [-0.15, -0.1) is 0 Å². The molecule has 2 aliphatic rings. The topological polar surface area (TPSA) is 64.1 Å². The Morgan fingerprint density at radius 2 is 1.71 bits per heavy atom. The Kier molecular flexibility index (Phi) is 5.85. The molecule has 21 heavy (non-hydrogen) atoms. The molecule has 0 aromatic rings. The minimum atomic E-state index is -0.884. The van der Waals surface area contributed by atoms with Crippen molar-refractivity contribution in [1.29, 1.82) is 0 Å². The zero-order valence-corrected chi connectivity index (χ0v) is 13.0. The summed E-state index contributed by atoms with van der Waals surface area (Å²) in [6, 6.07) is 0.0497. The zero-order valence-electron chi connectivity index (χ0n) is 13.0. The summed E-state index contributed by atoms with van der Waals surface area (Å²) in [4.78, 5) is 28.8. The van der Waals surface area contributed by atoms with Crippen molar-refractivity contribution < 1.29 is 14.7 Å². The van der Waals surface area contributed by atoms with Gasteiger partial charge in [0.15, 0.2) is 0 Å². The average molecular weight is 297 g/mol. The van der Waals surface area contributed by atoms with Gasteiger partial charge in [-0.05, 0) is 38.8 Å². The molecule has 2 amide bonds. The maximum atomic E-state index is 12.2. The van der Waals surface area contributed by atoms with E-state index < -0.39 is 6.09 Å². The Bertz CT molecular complexity index is 361. The number of piperidine rings is 2. The number of carbonyl (C=O) groups is 2. The van der Waals surface area contributed by atoms with Gasteiger partial charge in [-0.1, -0.05) is 6.42 Å². The van der Waals surface area contributed by atoms with Crippen molar-refractivity contribution in [1.82, 2.24) is 14.7 Å². The van der Waals surface area contributed by atoms with Gasteiger partial charge in [0, 0.05) is 39.1 Å². The third kappa shape index (κ3) is 4.59. The third-order valence-electron chi connectivity index (χ3n) is 4.76. The molecule has 120 valence electrons. The highest BCUT2D eigenvalue weighted by Gasteiger charge is 2.27. The predicted molar refractivity (Wildman–Crippen MR) is 80.3 cm³/mol. The number of likely N-dealkylation sites (tertiary alicyclic amines) is 2. The predicted octanol–water partition coefficient (Wildman–Crippen LogP) is 1.46. The van der Waals surface area contributed by atoms with Crippen molar-refractivity contribution in [3.8, 4) is 0 Å². The smallest absolute Gasteiger partial charge is 0.407 e. The molecule has 0 unspecified atom stereocenters. The van der Waals surface area contributed by atoms with E-state index in [2.05, 4.69) is 4.90 Å². The molecular formula is C15H27N3O3. The van der Waals surface area contributed by atoms with Gasteiger partial charge >= 0.3 is 6.09 Å². The standard InChI is InChI=1S/C15H27N3O3/c1-16(15(20)21)13-5-11-18(12-6-13)14(19)7-10-17-8-3-2-4-9-17/h13H,2-12H2,1H3,(H,20,21). The van der Waals surface area contributed by atoms with Crippen molar-refractivity contribution in [2.24, 2.45) is 0 Å². The van der Waals surface area contributed by atoms with Crippen molar-refractivity contribution in [3.05, 3.63) is 0 Å². The number of amides is 2. The van der Waals surface area contributed by atoms with Gasteiger partial charge in [-0.3, -0.25) is 4.79 Å². The molecule has 0 atom stereocenters. The molecule has 2 heterocycles. The van der Waals surface area contributed by atoms with Crippen LogP contribution in [0.1, 0.15) is 38.5 Å². The fraction of sp³-hybridized carbons (Fsp3) is 0.867. The van der Waals surface area contributed by atoms with Crippen LogP contribution < -0.4 is 0 Å². The van der Waals surface area contributed by atoms with Crippen LogP contribution in [0.3, 0.4) is 0 Å². The number of hydrogen-bond donors (Lipinski definition) is 1. The first-order chi connectivity index (χ1) is 10.1. The van der Waals surface area contributed by atoms with E-state index in [4.69, 9.17) is 5.11 Å². The molecule has 2 aliphatic heterocycles. The van der Waals surface area contributed by atoms with Crippen LogP contribution in [0.5, 0.6) is 0 Å². The molecule has 2 fully saturated rings. The zero-order chi connectivity index (χ0) is 15.2. The first kappa shape index (κ1) is 16.1. The lowest BCUT2D eigenvalue weighted by atomic mass is 10.0. The summed E-state index contributed by atoms with van der Waals surface area (Å²) >= 11 is 0. The van der Waals surface area contributed by atoms with E-state index in [-0.39, 0.29) is 11.9 Å². The first-order valence-electron chi connectivity index (χ1n) is 8.04. The maximum Gasteiger partial charge on any atom is 0.407 e. The highest BCUT2D eigenvalue weighted by atomic mass is 16.4. The van der Waals surface area contributed by atoms with Gasteiger partial charge in [0.05, 0.1) is 0 Å². The Balaban J connectivity index is 1.69. The summed E-state index contributed by atoms with van der Waals surface area (Å²) < 4.78 is 0. The molecular weight excluding hydrogens is 270 g/mol. The van der Waals surface area contributed by atoms with Crippen molar-refractivity contribution in [2.45, 2.75) is 44.6 Å². The van der Waals surface area contributed by atoms with Crippen LogP contribution in [0, 0.1) is 0 Å². The van der Waals surface area contributed by atoms with Crippen molar-refractivity contribution in [3.63, 3.8) is 0 Å². The van der Waals surface area contributed by atoms with Crippen LogP contribution in [-0.4, -0.2) is 77.6 Å². The molecule has 0 aromatic carbocycles. The Labute approximate surface area is 126 Å². The van der Waals surface area contributed by atoms with Crippen LogP contribution >= 0.6 is 0 Å². The van der Waals surface area contributed by atoms with Gasteiger partial charge in [0.25, 0.3) is 0 Å². The van der Waals surface area contributed by atoms with Gasteiger partial charge in [0.2, 0.25) is 5.91 Å². The van der Waals surface area contributed by atoms with Crippen LogP contribution in [0.15, 0.2) is 0 Å². The van der Waals surface area contributed by atoms with Gasteiger partial charge in [-0.25, -0.2) is 4.79 Å². The summed E-state index contributed by atoms with van der Waals surface area (Å²) in [5, 5.41) is 8.98. The molecule has 0 spiro atoms. The van der Waals surface area contributed by atoms with E-state index in [1.165, 1.54) is 24.2 Å². The quantitative estimate of drug-likeness (QED) is 0.853. The molecule has 0 saturated carbocycles. The van der Waals surface area contributed by atoms with E-state index in [1.54, 1.807) is 7.05 Å². The third-order valence-corrected chi connectivity index (χ3v) is 4.76. The van der Waals surface area contributed by atoms with E-state index in [1.807, 2.05) is 4.90 Å². The lowest BCUT2D eigenvalue weighted by Gasteiger charge is -2.36. The second-order valence-electron chi connectivity index (χ2n) is 6.16. The molecule has 0 aromatic heterocycles.